The standard InChI is InChI=1S/C34H35N9O3/c1-34(2,3)46-29(44)21-42-23-36-30-31(42)38-33(39-32(30)43-27-12-8-7-11-25(27)19-37-43)41-17-15-40(16-18-41)28-14-13-26(20-35-28)45-22-24-9-5-4-6-10-24/h4-14,19-20,23H,15-18,21-22H2,1-3H3. The minimum absolute atomic E-state index is 0.0198. The number of imidazole rings is 1. The number of benzene rings is 2. The number of hydrogen-bond acceptors (Lipinski definition) is 10. The number of ether oxygens (including phenoxy) is 2. The number of para-hydroxylation sites is 1. The predicted molar refractivity (Wildman–Crippen MR) is 175 cm³/mol. The van der Waals surface area contributed by atoms with Crippen LogP contribution in [0, 0.1) is 0 Å². The summed E-state index contributed by atoms with van der Waals surface area (Å²) in [7, 11) is 0. The first-order chi connectivity index (χ1) is 22.3. The molecule has 2 aromatic carbocycles. The molecule has 0 spiro atoms. The van der Waals surface area contributed by atoms with Gasteiger partial charge in [-0.15, -0.1) is 0 Å². The zero-order valence-corrected chi connectivity index (χ0v) is 26.1. The number of aromatic nitrogens is 7. The minimum Gasteiger partial charge on any atom is -0.487 e. The smallest absolute Gasteiger partial charge is 0.326 e. The second-order valence-corrected chi connectivity index (χ2v) is 12.2. The Bertz CT molecular complexity index is 1970. The van der Waals surface area contributed by atoms with Crippen LogP contribution in [0.5, 0.6) is 5.75 Å². The number of nitrogens with zero attached hydrogens (tertiary/aromatic N) is 9. The van der Waals surface area contributed by atoms with Gasteiger partial charge in [0.1, 0.15) is 30.3 Å². The Morgan fingerprint density at radius 3 is 2.37 bits per heavy atom. The predicted octanol–water partition coefficient (Wildman–Crippen LogP) is 4.81. The molecule has 0 amide bonds. The van der Waals surface area contributed by atoms with E-state index in [9.17, 15) is 4.79 Å². The van der Waals surface area contributed by atoms with Crippen LogP contribution in [0.25, 0.3) is 27.9 Å². The number of carbonyl (C=O) groups excluding carboxylic acids is 1. The van der Waals surface area contributed by atoms with Crippen LogP contribution in [0.15, 0.2) is 85.5 Å². The van der Waals surface area contributed by atoms with Crippen molar-refractivity contribution in [3.05, 3.63) is 91.0 Å². The molecule has 1 aliphatic heterocycles. The van der Waals surface area contributed by atoms with Gasteiger partial charge in [-0.1, -0.05) is 48.5 Å². The van der Waals surface area contributed by atoms with Gasteiger partial charge in [0.05, 0.1) is 24.2 Å². The van der Waals surface area contributed by atoms with Crippen molar-refractivity contribution >= 4 is 39.8 Å². The molecule has 0 saturated carbocycles. The fourth-order valence-corrected chi connectivity index (χ4v) is 5.50. The number of anilines is 2. The molecule has 6 aromatic rings. The average Bonchev–Trinajstić information content (AvgIpc) is 3.68. The lowest BCUT2D eigenvalue weighted by Crippen LogP contribution is -2.47. The van der Waals surface area contributed by atoms with Gasteiger partial charge in [0, 0.05) is 31.6 Å². The Kier molecular flexibility index (Phi) is 7.69. The van der Waals surface area contributed by atoms with Crippen molar-refractivity contribution in [1.29, 1.82) is 0 Å². The summed E-state index contributed by atoms with van der Waals surface area (Å²) in [5.41, 5.74) is 2.51. The minimum atomic E-state index is -0.600. The fourth-order valence-electron chi connectivity index (χ4n) is 5.50. The van der Waals surface area contributed by atoms with Gasteiger partial charge in [-0.25, -0.2) is 14.6 Å². The largest absolute Gasteiger partial charge is 0.487 e. The Labute approximate surface area is 266 Å². The van der Waals surface area contributed by atoms with E-state index in [0.29, 0.717) is 42.6 Å². The van der Waals surface area contributed by atoms with Crippen molar-refractivity contribution in [2.24, 2.45) is 0 Å². The van der Waals surface area contributed by atoms with Crippen LogP contribution in [-0.4, -0.2) is 72.0 Å². The lowest BCUT2D eigenvalue weighted by Gasteiger charge is -2.35. The number of fused-ring (bicyclic) bond motifs is 2. The van der Waals surface area contributed by atoms with E-state index in [0.717, 1.165) is 41.1 Å². The lowest BCUT2D eigenvalue weighted by molar-refractivity contribution is -0.155. The summed E-state index contributed by atoms with van der Waals surface area (Å²) in [6.45, 7) is 8.85. The molecule has 5 heterocycles. The summed E-state index contributed by atoms with van der Waals surface area (Å²) in [6.07, 6.45) is 5.19. The van der Waals surface area contributed by atoms with E-state index in [-0.39, 0.29) is 12.5 Å². The van der Waals surface area contributed by atoms with Gasteiger partial charge in [0.25, 0.3) is 0 Å². The fraction of sp³-hybridized carbons (Fsp3) is 0.294. The summed E-state index contributed by atoms with van der Waals surface area (Å²) >= 11 is 0. The first-order valence-corrected chi connectivity index (χ1v) is 15.3. The molecule has 0 unspecified atom stereocenters. The Hall–Kier alpha value is -5.52. The zero-order valence-electron chi connectivity index (χ0n) is 26.1. The molecule has 1 fully saturated rings. The summed E-state index contributed by atoms with van der Waals surface area (Å²) in [4.78, 5) is 36.4. The molecule has 0 N–H and O–H groups in total. The van der Waals surface area contributed by atoms with Crippen molar-refractivity contribution in [1.82, 2.24) is 34.3 Å². The maximum Gasteiger partial charge on any atom is 0.326 e. The molecule has 4 aromatic heterocycles. The highest BCUT2D eigenvalue weighted by molar-refractivity contribution is 5.86. The van der Waals surface area contributed by atoms with Crippen LogP contribution in [-0.2, 0) is 22.7 Å². The van der Waals surface area contributed by atoms with Crippen LogP contribution >= 0.6 is 0 Å². The first kappa shape index (κ1) is 29.2. The molecule has 12 nitrogen and oxygen atoms in total. The molecule has 12 heteroatoms. The molecule has 1 aliphatic rings. The van der Waals surface area contributed by atoms with Crippen LogP contribution < -0.4 is 14.5 Å². The number of carbonyl (C=O) groups is 1. The SMILES string of the molecule is CC(C)(C)OC(=O)Cn1cnc2c(-n3ncc4ccccc43)nc(N3CCN(c4ccc(OCc5ccccc5)cn4)CC3)nc21. The molecule has 46 heavy (non-hydrogen) atoms. The van der Waals surface area contributed by atoms with E-state index in [4.69, 9.17) is 19.4 Å². The number of pyridine rings is 1. The molecule has 0 bridgehead atoms. The van der Waals surface area contributed by atoms with Crippen molar-refractivity contribution in [3.8, 4) is 11.6 Å². The number of hydrogen-bond donors (Lipinski definition) is 0. The Morgan fingerprint density at radius 2 is 1.61 bits per heavy atom. The van der Waals surface area contributed by atoms with Gasteiger partial charge in [0.2, 0.25) is 5.95 Å². The average molecular weight is 618 g/mol. The van der Waals surface area contributed by atoms with Crippen LogP contribution in [0.3, 0.4) is 0 Å². The third-order valence-electron chi connectivity index (χ3n) is 7.69. The van der Waals surface area contributed by atoms with Crippen LogP contribution in [0.4, 0.5) is 11.8 Å². The lowest BCUT2D eigenvalue weighted by atomic mass is 10.2. The van der Waals surface area contributed by atoms with E-state index in [1.807, 2.05) is 93.7 Å². The van der Waals surface area contributed by atoms with Crippen molar-refractivity contribution in [2.45, 2.75) is 39.5 Å². The molecule has 1 saturated heterocycles. The van der Waals surface area contributed by atoms with Gasteiger partial charge < -0.3 is 23.8 Å². The monoisotopic (exact) mass is 617 g/mol. The second-order valence-electron chi connectivity index (χ2n) is 12.2. The van der Waals surface area contributed by atoms with Crippen LogP contribution in [0.2, 0.25) is 0 Å². The molecule has 0 atom stereocenters. The maximum absolute atomic E-state index is 12.8. The van der Waals surface area contributed by atoms with Gasteiger partial charge >= 0.3 is 5.97 Å². The quantitative estimate of drug-likeness (QED) is 0.220. The summed E-state index contributed by atoms with van der Waals surface area (Å²) in [6, 6.07) is 22.0. The molecular formula is C34H35N9O3. The second kappa shape index (κ2) is 12.1. The highest BCUT2D eigenvalue weighted by atomic mass is 16.6. The summed E-state index contributed by atoms with van der Waals surface area (Å²) < 4.78 is 15.0. The van der Waals surface area contributed by atoms with E-state index < -0.39 is 5.60 Å². The van der Waals surface area contributed by atoms with Gasteiger partial charge in [-0.3, -0.25) is 4.79 Å². The third kappa shape index (κ3) is 6.19. The van der Waals surface area contributed by atoms with E-state index in [1.165, 1.54) is 0 Å². The van der Waals surface area contributed by atoms with Crippen molar-refractivity contribution < 1.29 is 14.3 Å². The summed E-state index contributed by atoms with van der Waals surface area (Å²) in [5.74, 6) is 2.36. The number of rotatable bonds is 8. The molecule has 0 aliphatic carbocycles. The first-order valence-electron chi connectivity index (χ1n) is 15.3. The van der Waals surface area contributed by atoms with Gasteiger partial charge in [0.15, 0.2) is 17.0 Å². The highest BCUT2D eigenvalue weighted by Crippen LogP contribution is 2.27. The maximum atomic E-state index is 12.8. The number of piperazine rings is 1. The van der Waals surface area contributed by atoms with E-state index >= 15 is 0 Å². The molecule has 234 valence electrons. The van der Waals surface area contributed by atoms with Crippen molar-refractivity contribution in [2.75, 3.05) is 36.0 Å². The molecular weight excluding hydrogens is 582 g/mol. The Balaban J connectivity index is 1.12. The third-order valence-corrected chi connectivity index (χ3v) is 7.69. The van der Waals surface area contributed by atoms with Crippen molar-refractivity contribution in [3.63, 3.8) is 0 Å². The Morgan fingerprint density at radius 1 is 0.848 bits per heavy atom. The topological polar surface area (TPSA) is 116 Å². The molecule has 7 rings (SSSR count). The van der Waals surface area contributed by atoms with Crippen LogP contribution in [0.1, 0.15) is 26.3 Å². The number of esters is 1. The van der Waals surface area contributed by atoms with E-state index in [1.54, 1.807) is 21.8 Å². The van der Waals surface area contributed by atoms with E-state index in [2.05, 4.69) is 24.9 Å². The molecule has 0 radical (unpaired) electrons. The zero-order chi connectivity index (χ0) is 31.7. The highest BCUT2D eigenvalue weighted by Gasteiger charge is 2.25. The normalized spacial score (nSPS) is 13.8. The summed E-state index contributed by atoms with van der Waals surface area (Å²) in [5, 5.41) is 5.64. The van der Waals surface area contributed by atoms with Gasteiger partial charge in [-0.2, -0.15) is 15.1 Å². The van der Waals surface area contributed by atoms with Gasteiger partial charge in [-0.05, 0) is 44.5 Å².